The summed E-state index contributed by atoms with van der Waals surface area (Å²) < 4.78 is 9.76. The van der Waals surface area contributed by atoms with Crippen LogP contribution in [0.1, 0.15) is 12.8 Å². The molecule has 1 aliphatic heterocycles. The molecule has 1 fully saturated rings. The molecule has 2 aromatic rings. The monoisotopic (exact) mass is 362 g/mol. The van der Waals surface area contributed by atoms with E-state index in [-0.39, 0.29) is 11.8 Å². The summed E-state index contributed by atoms with van der Waals surface area (Å²) in [4.78, 5) is 12.7. The van der Waals surface area contributed by atoms with Crippen molar-refractivity contribution in [1.29, 1.82) is 0 Å². The number of nitrogens with one attached hydrogen (secondary N) is 1. The minimum Gasteiger partial charge on any atom is -0.497 e. The zero-order valence-corrected chi connectivity index (χ0v) is 15.4. The molecule has 0 radical (unpaired) electrons. The van der Waals surface area contributed by atoms with Crippen LogP contribution >= 0.6 is 12.2 Å². The third kappa shape index (κ3) is 3.74. The average molecular weight is 362 g/mol. The Balaban J connectivity index is 1.78. The van der Waals surface area contributed by atoms with E-state index in [0.29, 0.717) is 11.4 Å². The van der Waals surface area contributed by atoms with E-state index in [0.717, 1.165) is 43.1 Å². The molecule has 0 bridgehead atoms. The van der Waals surface area contributed by atoms with Gasteiger partial charge in [-0.2, -0.15) is 4.68 Å². The van der Waals surface area contributed by atoms with Gasteiger partial charge in [0.2, 0.25) is 10.7 Å². The predicted molar refractivity (Wildman–Crippen MR) is 96.6 cm³/mol. The highest BCUT2D eigenvalue weighted by Gasteiger charge is 2.26. The number of methoxy groups -OCH3 is 1. The van der Waals surface area contributed by atoms with E-state index in [2.05, 4.69) is 0 Å². The van der Waals surface area contributed by atoms with Crippen molar-refractivity contribution in [3.63, 3.8) is 0 Å². The summed E-state index contributed by atoms with van der Waals surface area (Å²) in [5.74, 6) is 1.43. The minimum absolute atomic E-state index is 0.00722. The first kappa shape index (κ1) is 17.6. The van der Waals surface area contributed by atoms with Crippen LogP contribution in [0.3, 0.4) is 0 Å². The number of hydrogen-bond acceptors (Lipinski definition) is 4. The molecular formula is C17H24N5O2S+. The standard InChI is InChI=1S/C17H23N5O2S/c1-20-16(13-4-3-5-14(10-13)24-2)19-22(17(20)25)11-21-8-6-12(7-9-21)15(18)23/h3-5,10,12H,6-9,11H2,1-2H3,(H2,18,23)/p+1. The second-order valence-corrected chi connectivity index (χ2v) is 6.85. The number of nitrogens with two attached hydrogens (primary N) is 1. The lowest BCUT2D eigenvalue weighted by Gasteiger charge is -2.27. The fourth-order valence-corrected chi connectivity index (χ4v) is 3.48. The van der Waals surface area contributed by atoms with E-state index in [9.17, 15) is 4.79 Å². The first-order valence-corrected chi connectivity index (χ1v) is 8.81. The molecule has 0 atom stereocenters. The molecular weight excluding hydrogens is 338 g/mol. The maximum atomic E-state index is 11.3. The smallest absolute Gasteiger partial charge is 0.220 e. The van der Waals surface area contributed by atoms with E-state index in [1.54, 1.807) is 7.11 Å². The van der Waals surface area contributed by atoms with Gasteiger partial charge >= 0.3 is 0 Å². The van der Waals surface area contributed by atoms with Gasteiger partial charge in [-0.1, -0.05) is 12.1 Å². The number of likely N-dealkylation sites (tertiary alicyclic amines) is 1. The molecule has 25 heavy (non-hydrogen) atoms. The second kappa shape index (κ2) is 7.37. The zero-order chi connectivity index (χ0) is 18.0. The summed E-state index contributed by atoms with van der Waals surface area (Å²) in [6.45, 7) is 2.50. The maximum absolute atomic E-state index is 11.3. The molecule has 0 unspecified atom stereocenters. The van der Waals surface area contributed by atoms with E-state index in [4.69, 9.17) is 27.8 Å². The third-order valence-corrected chi connectivity index (χ3v) is 5.32. The lowest BCUT2D eigenvalue weighted by molar-refractivity contribution is -0.928. The molecule has 3 rings (SSSR count). The Bertz CT molecular complexity index is 821. The molecule has 1 amide bonds. The number of hydrogen-bond donors (Lipinski definition) is 2. The second-order valence-electron chi connectivity index (χ2n) is 6.48. The van der Waals surface area contributed by atoms with E-state index in [1.165, 1.54) is 4.90 Å². The summed E-state index contributed by atoms with van der Waals surface area (Å²) in [6, 6.07) is 7.79. The number of nitrogens with zero attached hydrogens (tertiary/aromatic N) is 3. The highest BCUT2D eigenvalue weighted by molar-refractivity contribution is 7.71. The maximum Gasteiger partial charge on any atom is 0.220 e. The van der Waals surface area contributed by atoms with E-state index in [1.807, 2.05) is 40.6 Å². The predicted octanol–water partition coefficient (Wildman–Crippen LogP) is 0.364. The van der Waals surface area contributed by atoms with E-state index < -0.39 is 0 Å². The average Bonchev–Trinajstić information content (AvgIpc) is 2.90. The summed E-state index contributed by atoms with van der Waals surface area (Å²) in [5.41, 5.74) is 6.37. The lowest BCUT2D eigenvalue weighted by atomic mass is 9.97. The number of amides is 1. The molecule has 1 aromatic carbocycles. The van der Waals surface area contributed by atoms with Crippen molar-refractivity contribution in [3.8, 4) is 17.1 Å². The van der Waals surface area contributed by atoms with Crippen LogP contribution in [-0.2, 0) is 18.5 Å². The fraction of sp³-hybridized carbons (Fsp3) is 0.471. The minimum atomic E-state index is -0.186. The van der Waals surface area contributed by atoms with Crippen molar-refractivity contribution < 1.29 is 14.4 Å². The highest BCUT2D eigenvalue weighted by atomic mass is 32.1. The molecule has 0 spiro atoms. The van der Waals surface area contributed by atoms with Crippen molar-refractivity contribution >= 4 is 18.1 Å². The number of piperidine rings is 1. The number of carbonyl (C=O) groups is 1. The SMILES string of the molecule is COc1cccc(-c2nn(C[NH+]3CCC(C(N)=O)CC3)c(=S)n2C)c1. The Morgan fingerprint density at radius 3 is 2.80 bits per heavy atom. The van der Waals surface area contributed by atoms with Crippen LogP contribution in [-0.4, -0.2) is 40.5 Å². The Hall–Kier alpha value is -2.19. The van der Waals surface area contributed by atoms with Crippen LogP contribution in [0.2, 0.25) is 0 Å². The van der Waals surface area contributed by atoms with Gasteiger partial charge in [0, 0.05) is 31.4 Å². The van der Waals surface area contributed by atoms with Crippen LogP contribution in [0, 0.1) is 10.7 Å². The number of quaternary nitrogens is 1. The Labute approximate surface area is 152 Å². The van der Waals surface area contributed by atoms with Crippen LogP contribution in [0.15, 0.2) is 24.3 Å². The first-order chi connectivity index (χ1) is 12.0. The fourth-order valence-electron chi connectivity index (χ4n) is 3.28. The van der Waals surface area contributed by atoms with Gasteiger partial charge in [0.1, 0.15) is 5.75 Å². The molecule has 3 N–H and O–H groups in total. The van der Waals surface area contributed by atoms with Crippen molar-refractivity contribution in [2.24, 2.45) is 18.7 Å². The third-order valence-electron chi connectivity index (χ3n) is 4.84. The van der Waals surface area contributed by atoms with Crippen LogP contribution in [0.25, 0.3) is 11.4 Å². The van der Waals surface area contributed by atoms with Crippen LogP contribution < -0.4 is 15.4 Å². The van der Waals surface area contributed by atoms with Crippen molar-refractivity contribution in [3.05, 3.63) is 29.0 Å². The van der Waals surface area contributed by atoms with Crippen LogP contribution in [0.5, 0.6) is 5.75 Å². The highest BCUT2D eigenvalue weighted by Crippen LogP contribution is 2.22. The molecule has 8 heteroatoms. The number of carbonyl (C=O) groups excluding carboxylic acids is 1. The largest absolute Gasteiger partial charge is 0.497 e. The summed E-state index contributed by atoms with van der Waals surface area (Å²) in [6.07, 6.45) is 1.65. The van der Waals surface area contributed by atoms with Gasteiger partial charge in [0.05, 0.1) is 20.2 Å². The van der Waals surface area contributed by atoms with Crippen molar-refractivity contribution in [2.45, 2.75) is 19.5 Å². The van der Waals surface area contributed by atoms with E-state index >= 15 is 0 Å². The summed E-state index contributed by atoms with van der Waals surface area (Å²) in [5, 5.41) is 4.71. The van der Waals surface area contributed by atoms with Gasteiger partial charge in [-0.25, -0.2) is 0 Å². The number of aromatic nitrogens is 3. The molecule has 0 saturated carbocycles. The van der Waals surface area contributed by atoms with Crippen molar-refractivity contribution in [1.82, 2.24) is 14.3 Å². The lowest BCUT2D eigenvalue weighted by Crippen LogP contribution is -3.12. The van der Waals surface area contributed by atoms with Gasteiger partial charge in [-0.05, 0) is 24.4 Å². The van der Waals surface area contributed by atoms with Gasteiger partial charge < -0.3 is 19.9 Å². The first-order valence-electron chi connectivity index (χ1n) is 8.40. The van der Waals surface area contributed by atoms with Gasteiger partial charge in [-0.3, -0.25) is 4.79 Å². The topological polar surface area (TPSA) is 79.5 Å². The number of benzene rings is 1. The molecule has 1 saturated heterocycles. The summed E-state index contributed by atoms with van der Waals surface area (Å²) >= 11 is 5.55. The quantitative estimate of drug-likeness (QED) is 0.753. The normalized spacial score (nSPS) is 20.4. The molecule has 2 heterocycles. The van der Waals surface area contributed by atoms with Gasteiger partial charge in [-0.15, -0.1) is 5.10 Å². The molecule has 1 aromatic heterocycles. The molecule has 7 nitrogen and oxygen atoms in total. The molecule has 0 aliphatic carbocycles. The molecule has 134 valence electrons. The number of rotatable bonds is 5. The van der Waals surface area contributed by atoms with Gasteiger partial charge in [0.25, 0.3) is 0 Å². The molecule has 1 aliphatic rings. The van der Waals surface area contributed by atoms with Gasteiger partial charge in [0.15, 0.2) is 12.5 Å². The summed E-state index contributed by atoms with van der Waals surface area (Å²) in [7, 11) is 3.57. The van der Waals surface area contributed by atoms with Crippen LogP contribution in [0.4, 0.5) is 0 Å². The number of ether oxygens (including phenoxy) is 1. The number of primary amides is 1. The Morgan fingerprint density at radius 2 is 2.16 bits per heavy atom. The Morgan fingerprint density at radius 1 is 1.44 bits per heavy atom. The Kier molecular flexibility index (Phi) is 5.19. The zero-order valence-electron chi connectivity index (χ0n) is 14.6. The van der Waals surface area contributed by atoms with Crippen molar-refractivity contribution in [2.75, 3.05) is 20.2 Å².